The monoisotopic (exact) mass is 285 g/mol. The van der Waals surface area contributed by atoms with Crippen LogP contribution in [-0.2, 0) is 0 Å². The van der Waals surface area contributed by atoms with Gasteiger partial charge in [0.2, 0.25) is 0 Å². The second-order valence-electron chi connectivity index (χ2n) is 7.52. The summed E-state index contributed by atoms with van der Waals surface area (Å²) in [6.45, 7) is 8.00. The summed E-state index contributed by atoms with van der Waals surface area (Å²) in [5, 5.41) is 4.61. The lowest BCUT2D eigenvalue weighted by Gasteiger charge is -2.40. The van der Waals surface area contributed by atoms with Gasteiger partial charge in [-0.1, -0.05) is 25.5 Å². The molecule has 0 radical (unpaired) electrons. The third-order valence-electron chi connectivity index (χ3n) is 5.06. The molecule has 1 N–H and O–H groups in total. The molecule has 2 atom stereocenters. The maximum absolute atomic E-state index is 6.20. The lowest BCUT2D eigenvalue weighted by atomic mass is 9.66. The minimum absolute atomic E-state index is 0.420. The molecule has 1 aliphatic rings. The highest BCUT2D eigenvalue weighted by atomic mass is 16.3. The van der Waals surface area contributed by atoms with Gasteiger partial charge in [0.25, 0.3) is 0 Å². The van der Waals surface area contributed by atoms with Crippen molar-refractivity contribution in [2.75, 3.05) is 13.6 Å². The van der Waals surface area contributed by atoms with E-state index in [2.05, 4.69) is 57.4 Å². The van der Waals surface area contributed by atoms with Crippen molar-refractivity contribution in [1.82, 2.24) is 5.32 Å². The zero-order valence-corrected chi connectivity index (χ0v) is 13.7. The van der Waals surface area contributed by atoms with Gasteiger partial charge in [-0.25, -0.2) is 0 Å². The third kappa shape index (κ3) is 3.01. The summed E-state index contributed by atoms with van der Waals surface area (Å²) in [5.74, 6) is 2.40. The Morgan fingerprint density at radius 3 is 2.86 bits per heavy atom. The lowest BCUT2D eigenvalue weighted by Crippen LogP contribution is -2.33. The number of benzene rings is 1. The molecule has 114 valence electrons. The highest BCUT2D eigenvalue weighted by molar-refractivity contribution is 5.78. The van der Waals surface area contributed by atoms with Crippen LogP contribution in [0.4, 0.5) is 0 Å². The van der Waals surface area contributed by atoms with Crippen LogP contribution in [0.2, 0.25) is 0 Å². The van der Waals surface area contributed by atoms with Crippen molar-refractivity contribution in [3.05, 3.63) is 35.6 Å². The molecule has 1 aliphatic carbocycles. The van der Waals surface area contributed by atoms with Gasteiger partial charge >= 0.3 is 0 Å². The SMILES string of the molecule is CNCC1CCC(C)(C)CC1c1cc2cc(C)ccc2o1. The van der Waals surface area contributed by atoms with Crippen LogP contribution in [0.5, 0.6) is 0 Å². The molecule has 2 nitrogen and oxygen atoms in total. The van der Waals surface area contributed by atoms with Crippen LogP contribution in [-0.4, -0.2) is 13.6 Å². The van der Waals surface area contributed by atoms with Gasteiger partial charge < -0.3 is 9.73 Å². The number of furan rings is 1. The maximum Gasteiger partial charge on any atom is 0.134 e. The number of nitrogens with one attached hydrogen (secondary N) is 1. The van der Waals surface area contributed by atoms with Gasteiger partial charge in [-0.2, -0.15) is 0 Å². The van der Waals surface area contributed by atoms with Crippen molar-refractivity contribution < 1.29 is 4.42 Å². The first kappa shape index (κ1) is 14.6. The summed E-state index contributed by atoms with van der Waals surface area (Å²) >= 11 is 0. The molecule has 21 heavy (non-hydrogen) atoms. The zero-order valence-electron chi connectivity index (χ0n) is 13.7. The average molecular weight is 285 g/mol. The van der Waals surface area contributed by atoms with Gasteiger partial charge in [0, 0.05) is 11.3 Å². The molecule has 0 saturated heterocycles. The summed E-state index contributed by atoms with van der Waals surface area (Å²) < 4.78 is 6.20. The second kappa shape index (κ2) is 5.49. The predicted octanol–water partition coefficient (Wildman–Crippen LogP) is 4.87. The van der Waals surface area contributed by atoms with Crippen molar-refractivity contribution >= 4 is 11.0 Å². The van der Waals surface area contributed by atoms with E-state index >= 15 is 0 Å². The normalized spacial score (nSPS) is 25.3. The van der Waals surface area contributed by atoms with Gasteiger partial charge in [0.05, 0.1) is 0 Å². The lowest BCUT2D eigenvalue weighted by molar-refractivity contribution is 0.149. The Balaban J connectivity index is 1.96. The fraction of sp³-hybridized carbons (Fsp3) is 0.579. The molecule has 1 heterocycles. The molecule has 0 spiro atoms. The van der Waals surface area contributed by atoms with Crippen molar-refractivity contribution in [2.45, 2.75) is 46.0 Å². The van der Waals surface area contributed by atoms with Crippen LogP contribution < -0.4 is 5.32 Å². The Labute approximate surface area is 127 Å². The Hall–Kier alpha value is -1.28. The van der Waals surface area contributed by atoms with Crippen LogP contribution in [0.25, 0.3) is 11.0 Å². The van der Waals surface area contributed by atoms with Gasteiger partial charge in [-0.3, -0.25) is 0 Å². The first-order valence-corrected chi connectivity index (χ1v) is 8.13. The third-order valence-corrected chi connectivity index (χ3v) is 5.06. The molecule has 2 heteroatoms. The predicted molar refractivity (Wildman–Crippen MR) is 88.7 cm³/mol. The molecular weight excluding hydrogens is 258 g/mol. The fourth-order valence-corrected chi connectivity index (χ4v) is 3.85. The van der Waals surface area contributed by atoms with Crippen molar-refractivity contribution in [2.24, 2.45) is 11.3 Å². The van der Waals surface area contributed by atoms with Crippen molar-refractivity contribution in [3.8, 4) is 0 Å². The van der Waals surface area contributed by atoms with E-state index in [9.17, 15) is 0 Å². The molecular formula is C19H27NO. The Morgan fingerprint density at radius 2 is 2.10 bits per heavy atom. The Bertz CT molecular complexity index is 626. The Kier molecular flexibility index (Phi) is 3.83. The molecule has 2 aromatic rings. The summed E-state index contributed by atoms with van der Waals surface area (Å²) in [7, 11) is 2.05. The van der Waals surface area contributed by atoms with E-state index in [-0.39, 0.29) is 0 Å². The number of hydrogen-bond donors (Lipinski definition) is 1. The van der Waals surface area contributed by atoms with Crippen LogP contribution in [0.15, 0.2) is 28.7 Å². The maximum atomic E-state index is 6.20. The number of aryl methyl sites for hydroxylation is 1. The van der Waals surface area contributed by atoms with Crippen LogP contribution in [0, 0.1) is 18.3 Å². The second-order valence-corrected chi connectivity index (χ2v) is 7.52. The highest BCUT2D eigenvalue weighted by Gasteiger charge is 2.37. The minimum Gasteiger partial charge on any atom is -0.461 e. The number of hydrogen-bond acceptors (Lipinski definition) is 2. The molecule has 2 unspecified atom stereocenters. The number of rotatable bonds is 3. The van der Waals surface area contributed by atoms with Gasteiger partial charge in [-0.15, -0.1) is 0 Å². The molecule has 0 aliphatic heterocycles. The molecule has 1 aromatic heterocycles. The van der Waals surface area contributed by atoms with Crippen LogP contribution in [0.1, 0.15) is 50.4 Å². The van der Waals surface area contributed by atoms with E-state index in [1.54, 1.807) is 0 Å². The summed E-state index contributed by atoms with van der Waals surface area (Å²) in [6, 6.07) is 8.74. The zero-order chi connectivity index (χ0) is 15.0. The standard InChI is InChI=1S/C19H27NO/c1-13-5-6-17-15(9-13)10-18(21-17)16-11-19(2,3)8-7-14(16)12-20-4/h5-6,9-10,14,16,20H,7-8,11-12H2,1-4H3. The van der Waals surface area contributed by atoms with Gasteiger partial charge in [0.1, 0.15) is 11.3 Å². The smallest absolute Gasteiger partial charge is 0.134 e. The summed E-state index contributed by atoms with van der Waals surface area (Å²) in [6.07, 6.45) is 3.82. The Morgan fingerprint density at radius 1 is 1.29 bits per heavy atom. The molecule has 1 aromatic carbocycles. The van der Waals surface area contributed by atoms with Crippen LogP contribution >= 0.6 is 0 Å². The topological polar surface area (TPSA) is 25.2 Å². The van der Waals surface area contributed by atoms with Gasteiger partial charge in [-0.05, 0) is 69.3 Å². The summed E-state index contributed by atoms with van der Waals surface area (Å²) in [4.78, 5) is 0. The van der Waals surface area contributed by atoms with E-state index in [1.165, 1.54) is 36.0 Å². The molecule has 0 bridgehead atoms. The molecule has 0 amide bonds. The van der Waals surface area contributed by atoms with Gasteiger partial charge in [0.15, 0.2) is 0 Å². The highest BCUT2D eigenvalue weighted by Crippen LogP contribution is 2.47. The summed E-state index contributed by atoms with van der Waals surface area (Å²) in [5.41, 5.74) is 2.75. The largest absolute Gasteiger partial charge is 0.461 e. The van der Waals surface area contributed by atoms with E-state index in [1.807, 2.05) is 0 Å². The van der Waals surface area contributed by atoms with Crippen LogP contribution in [0.3, 0.4) is 0 Å². The van der Waals surface area contributed by atoms with Crippen molar-refractivity contribution in [3.63, 3.8) is 0 Å². The van der Waals surface area contributed by atoms with E-state index in [4.69, 9.17) is 4.42 Å². The molecule has 3 rings (SSSR count). The minimum atomic E-state index is 0.420. The van der Waals surface area contributed by atoms with E-state index in [0.29, 0.717) is 17.3 Å². The van der Waals surface area contributed by atoms with Crippen molar-refractivity contribution in [1.29, 1.82) is 0 Å². The molecule has 1 fully saturated rings. The average Bonchev–Trinajstić information content (AvgIpc) is 2.83. The fourth-order valence-electron chi connectivity index (χ4n) is 3.85. The van der Waals surface area contributed by atoms with E-state index < -0.39 is 0 Å². The van der Waals surface area contributed by atoms with E-state index in [0.717, 1.165) is 12.1 Å². The molecule has 1 saturated carbocycles. The first-order chi connectivity index (χ1) is 9.98. The first-order valence-electron chi connectivity index (χ1n) is 8.13. The quantitative estimate of drug-likeness (QED) is 0.870. The number of fused-ring (bicyclic) bond motifs is 1.